The van der Waals surface area contributed by atoms with Crippen LogP contribution in [0.3, 0.4) is 0 Å². The molecule has 4 heteroatoms. The summed E-state index contributed by atoms with van der Waals surface area (Å²) in [4.78, 5) is 1.28. The quantitative estimate of drug-likeness (QED) is 0.724. The maximum Gasteiger partial charge on any atom is 0.107 e. The van der Waals surface area contributed by atoms with Crippen LogP contribution in [0, 0.1) is 0 Å². The van der Waals surface area contributed by atoms with E-state index in [1.807, 2.05) is 24.3 Å². The highest BCUT2D eigenvalue weighted by Crippen LogP contribution is 2.41. The molecule has 86 valence electrons. The summed E-state index contributed by atoms with van der Waals surface area (Å²) in [5.41, 5.74) is 1.08. The topological polar surface area (TPSA) is 24.7 Å². The van der Waals surface area contributed by atoms with Crippen LogP contribution in [0.5, 0.6) is 0 Å². The zero-order chi connectivity index (χ0) is 11.7. The van der Waals surface area contributed by atoms with Crippen LogP contribution >= 0.6 is 22.9 Å². The van der Waals surface area contributed by atoms with E-state index in [0.717, 1.165) is 17.0 Å². The van der Waals surface area contributed by atoms with Gasteiger partial charge in [-0.3, -0.25) is 0 Å². The van der Waals surface area contributed by atoms with E-state index in [1.54, 1.807) is 11.3 Å². The fraction of sp³-hybridized carbons (Fsp3) is 0.231. The molecule has 0 amide bonds. The Morgan fingerprint density at radius 2 is 1.88 bits per heavy atom. The standard InChI is InChI=1S/C13H11ClN2S/c14-10-5-2-1-4-9(10)11-8-12(16-15-11)13-6-3-7-17-13/h1-7,11-12H,8H2. The highest BCUT2D eigenvalue weighted by Gasteiger charge is 2.26. The lowest BCUT2D eigenvalue weighted by Crippen LogP contribution is -1.95. The van der Waals surface area contributed by atoms with Gasteiger partial charge in [-0.05, 0) is 23.1 Å². The van der Waals surface area contributed by atoms with Gasteiger partial charge in [-0.1, -0.05) is 35.9 Å². The molecule has 2 unspecified atom stereocenters. The summed E-state index contributed by atoms with van der Waals surface area (Å²) in [5, 5.41) is 11.6. The van der Waals surface area contributed by atoms with Crippen molar-refractivity contribution in [3.8, 4) is 0 Å². The first-order valence-corrected chi connectivity index (χ1v) is 6.78. The Hall–Kier alpha value is -1.19. The normalized spacial score (nSPS) is 23.1. The Morgan fingerprint density at radius 1 is 1.06 bits per heavy atom. The molecule has 0 radical (unpaired) electrons. The second-order valence-electron chi connectivity index (χ2n) is 4.04. The third kappa shape index (κ3) is 2.13. The molecule has 2 nitrogen and oxygen atoms in total. The molecule has 0 aliphatic carbocycles. The molecule has 2 aromatic rings. The van der Waals surface area contributed by atoms with Crippen molar-refractivity contribution in [3.63, 3.8) is 0 Å². The second kappa shape index (κ2) is 4.59. The van der Waals surface area contributed by atoms with Gasteiger partial charge in [-0.25, -0.2) is 0 Å². The first kappa shape index (κ1) is 10.9. The number of hydrogen-bond acceptors (Lipinski definition) is 3. The second-order valence-corrected chi connectivity index (χ2v) is 5.42. The lowest BCUT2D eigenvalue weighted by molar-refractivity contribution is 0.667. The molecule has 1 aliphatic heterocycles. The molecule has 2 heterocycles. The van der Waals surface area contributed by atoms with Crippen molar-refractivity contribution in [2.75, 3.05) is 0 Å². The minimum Gasteiger partial charge on any atom is -0.185 e. The summed E-state index contributed by atoms with van der Waals surface area (Å²) in [6, 6.07) is 12.4. The molecule has 0 fully saturated rings. The minimum absolute atomic E-state index is 0.107. The van der Waals surface area contributed by atoms with E-state index in [-0.39, 0.29) is 12.1 Å². The highest BCUT2D eigenvalue weighted by molar-refractivity contribution is 7.10. The Balaban J connectivity index is 1.82. The van der Waals surface area contributed by atoms with E-state index in [9.17, 15) is 0 Å². The molecule has 17 heavy (non-hydrogen) atoms. The summed E-state index contributed by atoms with van der Waals surface area (Å²) in [5.74, 6) is 0. The molecule has 1 aromatic heterocycles. The molecule has 0 N–H and O–H groups in total. The van der Waals surface area contributed by atoms with Crippen molar-refractivity contribution in [2.45, 2.75) is 18.5 Å². The zero-order valence-electron chi connectivity index (χ0n) is 9.08. The third-order valence-corrected chi connectivity index (χ3v) is 4.25. The summed E-state index contributed by atoms with van der Waals surface area (Å²) < 4.78 is 0. The molecule has 1 aromatic carbocycles. The first-order valence-electron chi connectivity index (χ1n) is 5.52. The molecule has 0 saturated heterocycles. The Bertz CT molecular complexity index is 536. The van der Waals surface area contributed by atoms with Gasteiger partial charge in [0.25, 0.3) is 0 Å². The number of thiophene rings is 1. The highest BCUT2D eigenvalue weighted by atomic mass is 35.5. The predicted octanol–water partition coefficient (Wildman–Crippen LogP) is 5.04. The molecule has 2 atom stereocenters. The van der Waals surface area contributed by atoms with Gasteiger partial charge in [0.05, 0.1) is 6.04 Å². The van der Waals surface area contributed by atoms with Crippen molar-refractivity contribution in [3.05, 3.63) is 57.2 Å². The summed E-state index contributed by atoms with van der Waals surface area (Å²) in [6.07, 6.45) is 0.921. The molecular weight excluding hydrogens is 252 g/mol. The van der Waals surface area contributed by atoms with Crippen LogP contribution in [-0.4, -0.2) is 0 Å². The number of nitrogens with zero attached hydrogens (tertiary/aromatic N) is 2. The van der Waals surface area contributed by atoms with Gasteiger partial charge >= 0.3 is 0 Å². The number of halogens is 1. The zero-order valence-corrected chi connectivity index (χ0v) is 10.7. The third-order valence-electron chi connectivity index (χ3n) is 2.93. The lowest BCUT2D eigenvalue weighted by Gasteiger charge is -2.09. The van der Waals surface area contributed by atoms with E-state index in [2.05, 4.69) is 27.7 Å². The van der Waals surface area contributed by atoms with Gasteiger partial charge in [0, 0.05) is 16.3 Å². The molecular formula is C13H11ClN2S. The molecule has 0 spiro atoms. The maximum absolute atomic E-state index is 6.18. The van der Waals surface area contributed by atoms with E-state index >= 15 is 0 Å². The average Bonchev–Trinajstić information content (AvgIpc) is 3.00. The minimum atomic E-state index is 0.107. The molecule has 1 aliphatic rings. The van der Waals surface area contributed by atoms with E-state index in [0.29, 0.717) is 0 Å². The number of hydrogen-bond donors (Lipinski definition) is 0. The van der Waals surface area contributed by atoms with Crippen LogP contribution in [0.2, 0.25) is 5.02 Å². The fourth-order valence-corrected chi connectivity index (χ4v) is 3.09. The lowest BCUT2D eigenvalue weighted by atomic mass is 10.0. The molecule has 0 bridgehead atoms. The Morgan fingerprint density at radius 3 is 2.65 bits per heavy atom. The van der Waals surface area contributed by atoms with Gasteiger partial charge in [-0.15, -0.1) is 11.3 Å². The SMILES string of the molecule is Clc1ccccc1C1CC(c2cccs2)N=N1. The monoisotopic (exact) mass is 262 g/mol. The number of benzene rings is 1. The summed E-state index contributed by atoms with van der Waals surface area (Å²) >= 11 is 7.91. The summed E-state index contributed by atoms with van der Waals surface area (Å²) in [7, 11) is 0. The van der Waals surface area contributed by atoms with Crippen molar-refractivity contribution >= 4 is 22.9 Å². The Kier molecular flexibility index (Phi) is 2.95. The van der Waals surface area contributed by atoms with Gasteiger partial charge in [0.15, 0.2) is 0 Å². The van der Waals surface area contributed by atoms with Crippen LogP contribution in [0.15, 0.2) is 52.0 Å². The van der Waals surface area contributed by atoms with Gasteiger partial charge in [0.2, 0.25) is 0 Å². The van der Waals surface area contributed by atoms with Gasteiger partial charge in [-0.2, -0.15) is 10.2 Å². The largest absolute Gasteiger partial charge is 0.185 e. The van der Waals surface area contributed by atoms with Crippen molar-refractivity contribution in [1.82, 2.24) is 0 Å². The van der Waals surface area contributed by atoms with Crippen LogP contribution in [0.25, 0.3) is 0 Å². The fourth-order valence-electron chi connectivity index (χ4n) is 2.06. The maximum atomic E-state index is 6.18. The van der Waals surface area contributed by atoms with Gasteiger partial charge < -0.3 is 0 Å². The average molecular weight is 263 g/mol. The first-order chi connectivity index (χ1) is 8.34. The van der Waals surface area contributed by atoms with Crippen molar-refractivity contribution in [1.29, 1.82) is 0 Å². The van der Waals surface area contributed by atoms with E-state index in [1.165, 1.54) is 4.88 Å². The van der Waals surface area contributed by atoms with Crippen LogP contribution in [0.4, 0.5) is 0 Å². The van der Waals surface area contributed by atoms with E-state index in [4.69, 9.17) is 11.6 Å². The van der Waals surface area contributed by atoms with Crippen LogP contribution in [-0.2, 0) is 0 Å². The number of rotatable bonds is 2. The van der Waals surface area contributed by atoms with Gasteiger partial charge in [0.1, 0.15) is 6.04 Å². The van der Waals surface area contributed by atoms with Crippen LogP contribution in [0.1, 0.15) is 28.9 Å². The smallest absolute Gasteiger partial charge is 0.107 e. The molecule has 0 saturated carbocycles. The number of azo groups is 1. The summed E-state index contributed by atoms with van der Waals surface area (Å²) in [6.45, 7) is 0. The molecule has 3 rings (SSSR count). The van der Waals surface area contributed by atoms with Crippen molar-refractivity contribution < 1.29 is 0 Å². The van der Waals surface area contributed by atoms with Crippen molar-refractivity contribution in [2.24, 2.45) is 10.2 Å². The predicted molar refractivity (Wildman–Crippen MR) is 70.7 cm³/mol. The van der Waals surface area contributed by atoms with Crippen LogP contribution < -0.4 is 0 Å². The Labute approximate surface area is 109 Å². The van der Waals surface area contributed by atoms with E-state index < -0.39 is 0 Å².